The quantitative estimate of drug-likeness (QED) is 0.662. The molecule has 2 atom stereocenters. The standard InChI is InChI=1S/C16H18N2O6/c1-10-2-3-12(18(22)23)6-13(10)14(19)17-7-11-8-24-5-4-16(11,9-17)15(20)21/h2-3,6,11H,4-5,7-9H2,1H3,(H,20,21)/t11-,16+/m0/s1. The lowest BCUT2D eigenvalue weighted by Crippen LogP contribution is -2.45. The van der Waals surface area contributed by atoms with E-state index in [4.69, 9.17) is 4.74 Å². The van der Waals surface area contributed by atoms with Crippen LogP contribution in [0.2, 0.25) is 0 Å². The Morgan fingerprint density at radius 3 is 2.83 bits per heavy atom. The van der Waals surface area contributed by atoms with Gasteiger partial charge in [0.25, 0.3) is 11.6 Å². The number of likely N-dealkylation sites (tertiary alicyclic amines) is 1. The Labute approximate surface area is 138 Å². The predicted molar refractivity (Wildman–Crippen MR) is 82.7 cm³/mol. The maximum Gasteiger partial charge on any atom is 0.311 e. The number of non-ortho nitro benzene ring substituents is 1. The van der Waals surface area contributed by atoms with Crippen LogP contribution in [0, 0.1) is 28.4 Å². The number of rotatable bonds is 3. The zero-order valence-electron chi connectivity index (χ0n) is 13.2. The monoisotopic (exact) mass is 334 g/mol. The highest BCUT2D eigenvalue weighted by atomic mass is 16.6. The lowest BCUT2D eigenvalue weighted by atomic mass is 9.74. The summed E-state index contributed by atoms with van der Waals surface area (Å²) in [5.41, 5.74) is -0.273. The maximum absolute atomic E-state index is 12.8. The molecule has 0 saturated carbocycles. The van der Waals surface area contributed by atoms with Gasteiger partial charge in [0.2, 0.25) is 0 Å². The number of hydrogen-bond donors (Lipinski definition) is 1. The van der Waals surface area contributed by atoms with Gasteiger partial charge in [-0.05, 0) is 18.9 Å². The average Bonchev–Trinajstić information content (AvgIpc) is 2.95. The number of benzene rings is 1. The highest BCUT2D eigenvalue weighted by Gasteiger charge is 2.55. The molecule has 8 nitrogen and oxygen atoms in total. The smallest absolute Gasteiger partial charge is 0.311 e. The average molecular weight is 334 g/mol. The number of aryl methyl sites for hydroxylation is 1. The number of carbonyl (C=O) groups excluding carboxylic acids is 1. The Morgan fingerprint density at radius 1 is 1.46 bits per heavy atom. The summed E-state index contributed by atoms with van der Waals surface area (Å²) in [5, 5.41) is 20.6. The largest absolute Gasteiger partial charge is 0.481 e. The van der Waals surface area contributed by atoms with Gasteiger partial charge >= 0.3 is 5.97 Å². The summed E-state index contributed by atoms with van der Waals surface area (Å²) < 4.78 is 5.38. The van der Waals surface area contributed by atoms with Gasteiger partial charge in [0.05, 0.1) is 16.9 Å². The summed E-state index contributed by atoms with van der Waals surface area (Å²) in [6.45, 7) is 2.77. The van der Waals surface area contributed by atoms with E-state index in [2.05, 4.69) is 0 Å². The Hall–Kier alpha value is -2.48. The van der Waals surface area contributed by atoms with Crippen molar-refractivity contribution in [2.45, 2.75) is 13.3 Å². The zero-order valence-corrected chi connectivity index (χ0v) is 13.2. The van der Waals surface area contributed by atoms with Crippen LogP contribution in [-0.2, 0) is 9.53 Å². The molecule has 1 amide bonds. The lowest BCUT2D eigenvalue weighted by molar-refractivity contribution is -0.384. The molecule has 2 aliphatic heterocycles. The zero-order chi connectivity index (χ0) is 17.5. The fraction of sp³-hybridized carbons (Fsp3) is 0.500. The summed E-state index contributed by atoms with van der Waals surface area (Å²) in [4.78, 5) is 36.5. The van der Waals surface area contributed by atoms with Crippen LogP contribution in [-0.4, -0.2) is 53.1 Å². The molecule has 2 aliphatic rings. The number of nitrogens with zero attached hydrogens (tertiary/aromatic N) is 2. The van der Waals surface area contributed by atoms with E-state index in [0.29, 0.717) is 25.2 Å². The summed E-state index contributed by atoms with van der Waals surface area (Å²) in [6.07, 6.45) is 0.366. The number of fused-ring (bicyclic) bond motifs is 1. The van der Waals surface area contributed by atoms with Crippen LogP contribution in [0.4, 0.5) is 5.69 Å². The van der Waals surface area contributed by atoms with Crippen molar-refractivity contribution < 1.29 is 24.4 Å². The molecule has 0 aliphatic carbocycles. The fourth-order valence-corrected chi connectivity index (χ4v) is 3.58. The SMILES string of the molecule is Cc1ccc([N+](=O)[O-])cc1C(=O)N1C[C@H]2COCC[C@@]2(C(=O)O)C1. The summed E-state index contributed by atoms with van der Waals surface area (Å²) in [5.74, 6) is -1.54. The Bertz CT molecular complexity index is 719. The second kappa shape index (κ2) is 5.86. The van der Waals surface area contributed by atoms with E-state index in [0.717, 1.165) is 0 Å². The number of ether oxygens (including phenoxy) is 1. The number of hydrogen-bond acceptors (Lipinski definition) is 5. The van der Waals surface area contributed by atoms with Crippen LogP contribution in [0.3, 0.4) is 0 Å². The van der Waals surface area contributed by atoms with E-state index < -0.39 is 16.3 Å². The molecular weight excluding hydrogens is 316 g/mol. The van der Waals surface area contributed by atoms with E-state index in [9.17, 15) is 24.8 Å². The van der Waals surface area contributed by atoms with Gasteiger partial charge in [0, 0.05) is 43.3 Å². The van der Waals surface area contributed by atoms with Crippen molar-refractivity contribution >= 4 is 17.6 Å². The molecule has 2 saturated heterocycles. The van der Waals surface area contributed by atoms with Gasteiger partial charge in [-0.15, -0.1) is 0 Å². The first-order valence-electron chi connectivity index (χ1n) is 7.70. The molecule has 0 bridgehead atoms. The van der Waals surface area contributed by atoms with Crippen molar-refractivity contribution in [2.24, 2.45) is 11.3 Å². The second-order valence-corrected chi connectivity index (χ2v) is 6.43. The van der Waals surface area contributed by atoms with Gasteiger partial charge in [-0.3, -0.25) is 19.7 Å². The minimum Gasteiger partial charge on any atom is -0.481 e. The molecule has 0 spiro atoms. The third-order valence-electron chi connectivity index (χ3n) is 5.08. The van der Waals surface area contributed by atoms with E-state index in [1.54, 1.807) is 6.92 Å². The number of carboxylic acids is 1. The van der Waals surface area contributed by atoms with Crippen molar-refractivity contribution in [2.75, 3.05) is 26.3 Å². The van der Waals surface area contributed by atoms with Gasteiger partial charge in [-0.2, -0.15) is 0 Å². The van der Waals surface area contributed by atoms with Crippen LogP contribution in [0.25, 0.3) is 0 Å². The molecule has 1 aromatic carbocycles. The molecule has 0 aromatic heterocycles. The molecule has 8 heteroatoms. The number of amides is 1. The van der Waals surface area contributed by atoms with Gasteiger partial charge in [-0.25, -0.2) is 0 Å². The summed E-state index contributed by atoms with van der Waals surface area (Å²) in [6, 6.07) is 4.14. The van der Waals surface area contributed by atoms with Crippen molar-refractivity contribution in [3.63, 3.8) is 0 Å². The van der Waals surface area contributed by atoms with Crippen LogP contribution < -0.4 is 0 Å². The van der Waals surface area contributed by atoms with Crippen molar-refractivity contribution in [1.82, 2.24) is 4.90 Å². The van der Waals surface area contributed by atoms with Gasteiger partial charge in [0.15, 0.2) is 0 Å². The molecule has 1 aromatic rings. The lowest BCUT2D eigenvalue weighted by Gasteiger charge is -2.33. The molecule has 128 valence electrons. The van der Waals surface area contributed by atoms with Crippen LogP contribution in [0.5, 0.6) is 0 Å². The highest BCUT2D eigenvalue weighted by molar-refractivity contribution is 5.97. The minimum absolute atomic E-state index is 0.108. The highest BCUT2D eigenvalue weighted by Crippen LogP contribution is 2.43. The third-order valence-corrected chi connectivity index (χ3v) is 5.08. The van der Waals surface area contributed by atoms with E-state index in [1.165, 1.54) is 23.1 Å². The van der Waals surface area contributed by atoms with Gasteiger partial charge in [0.1, 0.15) is 0 Å². The minimum atomic E-state index is -0.984. The molecule has 0 unspecified atom stereocenters. The molecule has 2 heterocycles. The third kappa shape index (κ3) is 2.52. The predicted octanol–water partition coefficient (Wildman–Crippen LogP) is 1.47. The molecule has 1 N–H and O–H groups in total. The number of carboxylic acid groups (broad SMARTS) is 1. The first-order chi connectivity index (χ1) is 11.3. The Balaban J connectivity index is 1.90. The fourth-order valence-electron chi connectivity index (χ4n) is 3.58. The normalized spacial score (nSPS) is 26.0. The number of nitro groups is 1. The van der Waals surface area contributed by atoms with Crippen molar-refractivity contribution in [1.29, 1.82) is 0 Å². The van der Waals surface area contributed by atoms with E-state index in [1.807, 2.05) is 0 Å². The molecule has 24 heavy (non-hydrogen) atoms. The maximum atomic E-state index is 12.8. The molecule has 3 rings (SSSR count). The molecule has 0 radical (unpaired) electrons. The first kappa shape index (κ1) is 16.4. The topological polar surface area (TPSA) is 110 Å². The Kier molecular flexibility index (Phi) is 4.00. The van der Waals surface area contributed by atoms with Gasteiger partial charge in [-0.1, -0.05) is 6.07 Å². The number of aliphatic carboxylic acids is 1. The van der Waals surface area contributed by atoms with E-state index in [-0.39, 0.29) is 36.2 Å². The van der Waals surface area contributed by atoms with Crippen molar-refractivity contribution in [3.8, 4) is 0 Å². The van der Waals surface area contributed by atoms with E-state index >= 15 is 0 Å². The molecule has 2 fully saturated rings. The number of nitro benzene ring substituents is 1. The van der Waals surface area contributed by atoms with Crippen LogP contribution >= 0.6 is 0 Å². The van der Waals surface area contributed by atoms with Crippen molar-refractivity contribution in [3.05, 3.63) is 39.4 Å². The Morgan fingerprint density at radius 2 is 2.21 bits per heavy atom. The summed E-state index contributed by atoms with van der Waals surface area (Å²) >= 11 is 0. The number of carbonyl (C=O) groups is 2. The van der Waals surface area contributed by atoms with Crippen LogP contribution in [0.1, 0.15) is 22.3 Å². The summed E-state index contributed by atoms with van der Waals surface area (Å²) in [7, 11) is 0. The van der Waals surface area contributed by atoms with Crippen LogP contribution in [0.15, 0.2) is 18.2 Å². The second-order valence-electron chi connectivity index (χ2n) is 6.43. The molecular formula is C16H18N2O6. The first-order valence-corrected chi connectivity index (χ1v) is 7.70. The van der Waals surface area contributed by atoms with Gasteiger partial charge < -0.3 is 14.7 Å².